The molecule has 0 unspecified atom stereocenters. The number of rotatable bonds is 3. The Hall–Kier alpha value is -1.47. The summed E-state index contributed by atoms with van der Waals surface area (Å²) in [6.45, 7) is 0. The Bertz CT molecular complexity index is 395. The molecule has 0 bridgehead atoms. The molecule has 0 fully saturated rings. The van der Waals surface area contributed by atoms with Gasteiger partial charge in [0.1, 0.15) is 11.5 Å². The number of hydrogen-bond donors (Lipinski definition) is 3. The predicted molar refractivity (Wildman–Crippen MR) is 53.6 cm³/mol. The number of methoxy groups -OCH3 is 1. The number of aliphatic hydroxyl groups excluding tert-OH is 1. The van der Waals surface area contributed by atoms with Crippen LogP contribution in [0.5, 0.6) is 11.5 Å². The maximum atomic E-state index is 12.2. The van der Waals surface area contributed by atoms with E-state index in [0.717, 1.165) is 6.07 Å². The van der Waals surface area contributed by atoms with E-state index in [1.807, 2.05) is 0 Å². The molecule has 17 heavy (non-hydrogen) atoms. The van der Waals surface area contributed by atoms with Gasteiger partial charge in [-0.05, 0) is 12.1 Å². The molecule has 0 aliphatic heterocycles. The second kappa shape index (κ2) is 4.80. The molecule has 0 aromatic heterocycles. The fourth-order valence-electron chi connectivity index (χ4n) is 1.31. The summed E-state index contributed by atoms with van der Waals surface area (Å²) >= 11 is 0. The van der Waals surface area contributed by atoms with Gasteiger partial charge in [0, 0.05) is 11.6 Å². The average Bonchev–Trinajstić information content (AvgIpc) is 2.25. The molecule has 0 heterocycles. The normalized spacial score (nSPS) is 15.4. The first-order valence-electron chi connectivity index (χ1n) is 4.64. The summed E-state index contributed by atoms with van der Waals surface area (Å²) in [5.41, 5.74) is 5.05. The summed E-state index contributed by atoms with van der Waals surface area (Å²) in [5.74, 6) is -0.180. The molecule has 0 aliphatic rings. The van der Waals surface area contributed by atoms with Gasteiger partial charge >= 0.3 is 6.18 Å². The number of phenols is 1. The number of ether oxygens (including phenoxy) is 1. The maximum absolute atomic E-state index is 12.2. The second-order valence-electron chi connectivity index (χ2n) is 3.44. The molecule has 1 aromatic rings. The van der Waals surface area contributed by atoms with Crippen LogP contribution in [0.1, 0.15) is 11.6 Å². The minimum absolute atomic E-state index is 0.198. The van der Waals surface area contributed by atoms with Crippen LogP contribution in [-0.4, -0.2) is 29.6 Å². The van der Waals surface area contributed by atoms with Gasteiger partial charge in [-0.3, -0.25) is 0 Å². The zero-order valence-corrected chi connectivity index (χ0v) is 8.90. The Morgan fingerprint density at radius 3 is 2.35 bits per heavy atom. The number of nitrogens with two attached hydrogens (primary N) is 1. The fraction of sp³-hybridized carbons (Fsp3) is 0.400. The Labute approximate surface area is 95.4 Å². The number of benzene rings is 1. The van der Waals surface area contributed by atoms with E-state index >= 15 is 0 Å². The first-order valence-corrected chi connectivity index (χ1v) is 4.64. The molecule has 4 nitrogen and oxygen atoms in total. The third kappa shape index (κ3) is 3.01. The van der Waals surface area contributed by atoms with E-state index in [1.54, 1.807) is 0 Å². The first kappa shape index (κ1) is 13.6. The van der Waals surface area contributed by atoms with Crippen LogP contribution in [0.15, 0.2) is 18.2 Å². The van der Waals surface area contributed by atoms with Gasteiger partial charge in [-0.15, -0.1) is 0 Å². The lowest BCUT2D eigenvalue weighted by Gasteiger charge is -2.22. The highest BCUT2D eigenvalue weighted by Crippen LogP contribution is 2.34. The SMILES string of the molecule is COc1ccc([C@H](N)[C@H](O)C(F)(F)F)c(O)c1. The summed E-state index contributed by atoms with van der Waals surface area (Å²) in [5, 5.41) is 18.4. The van der Waals surface area contributed by atoms with E-state index < -0.39 is 24.1 Å². The largest absolute Gasteiger partial charge is 0.507 e. The highest BCUT2D eigenvalue weighted by Gasteiger charge is 2.43. The monoisotopic (exact) mass is 251 g/mol. The first-order chi connectivity index (χ1) is 7.77. The van der Waals surface area contributed by atoms with Crippen LogP contribution < -0.4 is 10.5 Å². The van der Waals surface area contributed by atoms with Gasteiger partial charge in [0.25, 0.3) is 0 Å². The minimum Gasteiger partial charge on any atom is -0.507 e. The number of halogens is 3. The fourth-order valence-corrected chi connectivity index (χ4v) is 1.31. The molecule has 2 atom stereocenters. The maximum Gasteiger partial charge on any atom is 0.416 e. The third-order valence-electron chi connectivity index (χ3n) is 2.27. The Balaban J connectivity index is 3.01. The van der Waals surface area contributed by atoms with Crippen molar-refractivity contribution in [1.29, 1.82) is 0 Å². The number of hydrogen-bond acceptors (Lipinski definition) is 4. The summed E-state index contributed by atoms with van der Waals surface area (Å²) in [6, 6.07) is 1.89. The molecule has 1 rings (SSSR count). The van der Waals surface area contributed by atoms with Gasteiger partial charge < -0.3 is 20.7 Å². The molecule has 0 radical (unpaired) electrons. The number of alkyl halides is 3. The standard InChI is InChI=1S/C10H12F3NO3/c1-17-5-2-3-6(7(15)4-5)8(14)9(16)10(11,12)13/h2-4,8-9,15-16H,14H2,1H3/t8-,9-/m0/s1. The quantitative estimate of drug-likeness (QED) is 0.757. The summed E-state index contributed by atoms with van der Waals surface area (Å²) < 4.78 is 41.5. The van der Waals surface area contributed by atoms with Crippen LogP contribution in [0.2, 0.25) is 0 Å². The van der Waals surface area contributed by atoms with Crippen molar-refractivity contribution < 1.29 is 28.1 Å². The van der Waals surface area contributed by atoms with Crippen LogP contribution in [0.3, 0.4) is 0 Å². The zero-order valence-electron chi connectivity index (χ0n) is 8.90. The van der Waals surface area contributed by atoms with E-state index in [9.17, 15) is 18.3 Å². The molecule has 0 spiro atoms. The van der Waals surface area contributed by atoms with E-state index in [-0.39, 0.29) is 11.3 Å². The molecule has 7 heteroatoms. The average molecular weight is 251 g/mol. The van der Waals surface area contributed by atoms with Crippen molar-refractivity contribution in [2.45, 2.75) is 18.3 Å². The van der Waals surface area contributed by atoms with Gasteiger partial charge in [-0.25, -0.2) is 0 Å². The molecule has 4 N–H and O–H groups in total. The summed E-state index contributed by atoms with van der Waals surface area (Å²) in [6.07, 6.45) is -7.58. The van der Waals surface area contributed by atoms with E-state index in [1.165, 1.54) is 19.2 Å². The lowest BCUT2D eigenvalue weighted by molar-refractivity contribution is -0.210. The molecular weight excluding hydrogens is 239 g/mol. The zero-order chi connectivity index (χ0) is 13.2. The molecular formula is C10H12F3NO3. The number of phenolic OH excluding ortho intramolecular Hbond substituents is 1. The van der Waals surface area contributed by atoms with Crippen LogP contribution in [0, 0.1) is 0 Å². The molecule has 0 saturated heterocycles. The van der Waals surface area contributed by atoms with E-state index in [0.29, 0.717) is 0 Å². The van der Waals surface area contributed by atoms with E-state index in [2.05, 4.69) is 0 Å². The smallest absolute Gasteiger partial charge is 0.416 e. The van der Waals surface area contributed by atoms with Crippen LogP contribution in [0.25, 0.3) is 0 Å². The summed E-state index contributed by atoms with van der Waals surface area (Å²) in [4.78, 5) is 0. The number of aliphatic hydroxyl groups is 1. The van der Waals surface area contributed by atoms with Crippen molar-refractivity contribution >= 4 is 0 Å². The molecule has 0 saturated carbocycles. The van der Waals surface area contributed by atoms with Gasteiger partial charge in [-0.2, -0.15) is 13.2 Å². The molecule has 0 aliphatic carbocycles. The van der Waals surface area contributed by atoms with Crippen molar-refractivity contribution in [1.82, 2.24) is 0 Å². The van der Waals surface area contributed by atoms with Crippen LogP contribution in [-0.2, 0) is 0 Å². The van der Waals surface area contributed by atoms with Crippen molar-refractivity contribution in [3.63, 3.8) is 0 Å². The lowest BCUT2D eigenvalue weighted by Crippen LogP contribution is -2.38. The van der Waals surface area contributed by atoms with Crippen LogP contribution >= 0.6 is 0 Å². The Morgan fingerprint density at radius 1 is 1.35 bits per heavy atom. The van der Waals surface area contributed by atoms with Gasteiger partial charge in [0.05, 0.1) is 13.2 Å². The minimum atomic E-state index is -4.84. The topological polar surface area (TPSA) is 75.7 Å². The summed E-state index contributed by atoms with van der Waals surface area (Å²) in [7, 11) is 1.35. The Kier molecular flexibility index (Phi) is 3.84. The van der Waals surface area contributed by atoms with Gasteiger partial charge in [0.2, 0.25) is 0 Å². The Morgan fingerprint density at radius 2 is 1.94 bits per heavy atom. The molecule has 0 amide bonds. The van der Waals surface area contributed by atoms with Gasteiger partial charge in [-0.1, -0.05) is 0 Å². The number of aromatic hydroxyl groups is 1. The lowest BCUT2D eigenvalue weighted by atomic mass is 10.0. The highest BCUT2D eigenvalue weighted by molar-refractivity contribution is 5.41. The third-order valence-corrected chi connectivity index (χ3v) is 2.27. The van der Waals surface area contributed by atoms with Crippen molar-refractivity contribution in [3.8, 4) is 11.5 Å². The van der Waals surface area contributed by atoms with Crippen molar-refractivity contribution in [2.75, 3.05) is 7.11 Å². The predicted octanol–water partition coefficient (Wildman–Crippen LogP) is 1.32. The van der Waals surface area contributed by atoms with Crippen molar-refractivity contribution in [2.24, 2.45) is 5.73 Å². The van der Waals surface area contributed by atoms with Crippen LogP contribution in [0.4, 0.5) is 13.2 Å². The van der Waals surface area contributed by atoms with Gasteiger partial charge in [0.15, 0.2) is 6.10 Å². The van der Waals surface area contributed by atoms with Crippen molar-refractivity contribution in [3.05, 3.63) is 23.8 Å². The molecule has 96 valence electrons. The molecule has 1 aromatic carbocycles. The second-order valence-corrected chi connectivity index (χ2v) is 3.44. The van der Waals surface area contributed by atoms with E-state index in [4.69, 9.17) is 15.6 Å². The highest BCUT2D eigenvalue weighted by atomic mass is 19.4.